The lowest BCUT2D eigenvalue weighted by Gasteiger charge is -2.08. The number of nitrogen functional groups attached to an aromatic ring is 1. The van der Waals surface area contributed by atoms with E-state index in [4.69, 9.17) is 10.8 Å². The summed E-state index contributed by atoms with van der Waals surface area (Å²) in [6.45, 7) is 0. The summed E-state index contributed by atoms with van der Waals surface area (Å²) in [7, 11) is 0. The van der Waals surface area contributed by atoms with Gasteiger partial charge in [-0.15, -0.1) is 0 Å². The van der Waals surface area contributed by atoms with Crippen LogP contribution < -0.4 is 5.73 Å². The SMILES string of the molecule is Nc1c(I)cnc(C(=O)O)c1C(F)F. The highest BCUT2D eigenvalue weighted by molar-refractivity contribution is 14.1. The van der Waals surface area contributed by atoms with Gasteiger partial charge in [-0.3, -0.25) is 0 Å². The number of aromatic nitrogens is 1. The molecule has 1 aromatic rings. The first-order chi connectivity index (χ1) is 6.45. The van der Waals surface area contributed by atoms with Crippen LogP contribution in [0.25, 0.3) is 0 Å². The number of nitrogens with zero attached hydrogens (tertiary/aromatic N) is 1. The molecule has 0 radical (unpaired) electrons. The molecule has 0 amide bonds. The van der Waals surface area contributed by atoms with Gasteiger partial charge in [-0.05, 0) is 22.6 Å². The van der Waals surface area contributed by atoms with Crippen molar-refractivity contribution in [2.45, 2.75) is 6.43 Å². The maximum atomic E-state index is 12.4. The molecule has 0 unspecified atom stereocenters. The molecule has 3 N–H and O–H groups in total. The van der Waals surface area contributed by atoms with Gasteiger partial charge >= 0.3 is 5.97 Å². The van der Waals surface area contributed by atoms with Crippen molar-refractivity contribution in [3.8, 4) is 0 Å². The molecule has 0 fully saturated rings. The number of aromatic carboxylic acids is 1. The van der Waals surface area contributed by atoms with Gasteiger partial charge in [-0.1, -0.05) is 0 Å². The smallest absolute Gasteiger partial charge is 0.355 e. The number of hydrogen-bond donors (Lipinski definition) is 2. The lowest BCUT2D eigenvalue weighted by molar-refractivity contribution is 0.0677. The first-order valence-electron chi connectivity index (χ1n) is 3.40. The summed E-state index contributed by atoms with van der Waals surface area (Å²) in [5, 5.41) is 8.58. The highest BCUT2D eigenvalue weighted by Crippen LogP contribution is 2.30. The molecule has 0 saturated heterocycles. The number of alkyl halides is 2. The Morgan fingerprint density at radius 2 is 2.21 bits per heavy atom. The maximum Gasteiger partial charge on any atom is 0.355 e. The van der Waals surface area contributed by atoms with Crippen LogP contribution in [0.2, 0.25) is 0 Å². The van der Waals surface area contributed by atoms with E-state index in [1.54, 1.807) is 22.6 Å². The lowest BCUT2D eigenvalue weighted by Crippen LogP contribution is -2.10. The maximum absolute atomic E-state index is 12.4. The molecule has 0 aliphatic heterocycles. The highest BCUT2D eigenvalue weighted by atomic mass is 127. The third-order valence-corrected chi connectivity index (χ3v) is 2.39. The second-order valence-corrected chi connectivity index (χ2v) is 3.55. The van der Waals surface area contributed by atoms with Gasteiger partial charge in [0.05, 0.1) is 14.8 Å². The summed E-state index contributed by atoms with van der Waals surface area (Å²) >= 11 is 1.71. The van der Waals surface area contributed by atoms with E-state index < -0.39 is 23.7 Å². The van der Waals surface area contributed by atoms with Gasteiger partial charge in [0, 0.05) is 6.20 Å². The second-order valence-electron chi connectivity index (χ2n) is 2.39. The van der Waals surface area contributed by atoms with Crippen molar-refractivity contribution in [1.82, 2.24) is 4.98 Å². The van der Waals surface area contributed by atoms with Gasteiger partial charge in [-0.2, -0.15) is 0 Å². The van der Waals surface area contributed by atoms with Gasteiger partial charge in [0.15, 0.2) is 5.69 Å². The first-order valence-corrected chi connectivity index (χ1v) is 4.48. The fraction of sp³-hybridized carbons (Fsp3) is 0.143. The first kappa shape index (κ1) is 11.1. The van der Waals surface area contributed by atoms with Gasteiger partial charge in [0.1, 0.15) is 0 Å². The molecule has 0 atom stereocenters. The van der Waals surface area contributed by atoms with Crippen LogP contribution >= 0.6 is 22.6 Å². The van der Waals surface area contributed by atoms with E-state index in [9.17, 15) is 13.6 Å². The minimum atomic E-state index is -2.94. The topological polar surface area (TPSA) is 76.2 Å². The van der Waals surface area contributed by atoms with Crippen molar-refractivity contribution in [1.29, 1.82) is 0 Å². The third kappa shape index (κ3) is 1.91. The Labute approximate surface area is 91.3 Å². The summed E-state index contributed by atoms with van der Waals surface area (Å²) in [5.74, 6) is -1.51. The largest absolute Gasteiger partial charge is 0.476 e. The van der Waals surface area contributed by atoms with E-state index in [0.717, 1.165) is 6.20 Å². The molecule has 0 aliphatic carbocycles. The number of pyridine rings is 1. The van der Waals surface area contributed by atoms with Crippen LogP contribution in [0.1, 0.15) is 22.5 Å². The summed E-state index contributed by atoms with van der Waals surface area (Å²) in [6.07, 6.45) is -1.80. The average molecular weight is 314 g/mol. The zero-order valence-corrected chi connectivity index (χ0v) is 8.83. The van der Waals surface area contributed by atoms with Gasteiger partial charge in [0.25, 0.3) is 6.43 Å². The van der Waals surface area contributed by atoms with Crippen molar-refractivity contribution >= 4 is 34.2 Å². The minimum Gasteiger partial charge on any atom is -0.476 e. The molecule has 0 aromatic carbocycles. The van der Waals surface area contributed by atoms with E-state index in [1.807, 2.05) is 0 Å². The van der Waals surface area contributed by atoms with Crippen LogP contribution in [0.5, 0.6) is 0 Å². The fourth-order valence-corrected chi connectivity index (χ4v) is 1.34. The number of nitrogens with two attached hydrogens (primary N) is 1. The van der Waals surface area contributed by atoms with Crippen molar-refractivity contribution < 1.29 is 18.7 Å². The zero-order chi connectivity index (χ0) is 10.9. The van der Waals surface area contributed by atoms with E-state index in [2.05, 4.69) is 4.98 Å². The van der Waals surface area contributed by atoms with Crippen molar-refractivity contribution in [3.05, 3.63) is 21.0 Å². The Hall–Kier alpha value is -0.990. The predicted octanol–water partition coefficient (Wildman–Crippen LogP) is 1.90. The Morgan fingerprint density at radius 1 is 1.64 bits per heavy atom. The monoisotopic (exact) mass is 314 g/mol. The molecule has 1 aromatic heterocycles. The number of carbonyl (C=O) groups is 1. The lowest BCUT2D eigenvalue weighted by atomic mass is 10.1. The summed E-state index contributed by atoms with van der Waals surface area (Å²) < 4.78 is 25.2. The van der Waals surface area contributed by atoms with Crippen molar-refractivity contribution in [3.63, 3.8) is 0 Å². The molecule has 0 bridgehead atoms. The zero-order valence-electron chi connectivity index (χ0n) is 6.67. The van der Waals surface area contributed by atoms with Crippen LogP contribution in [0, 0.1) is 3.57 Å². The fourth-order valence-electron chi connectivity index (χ4n) is 0.908. The third-order valence-electron chi connectivity index (χ3n) is 1.53. The Morgan fingerprint density at radius 3 is 2.64 bits per heavy atom. The molecule has 1 rings (SSSR count). The Balaban J connectivity index is 3.45. The van der Waals surface area contributed by atoms with Crippen LogP contribution in [0.15, 0.2) is 6.20 Å². The predicted molar refractivity (Wildman–Crippen MR) is 53.3 cm³/mol. The molecule has 7 heteroatoms. The van der Waals surface area contributed by atoms with E-state index in [0.29, 0.717) is 3.57 Å². The Kier molecular flexibility index (Phi) is 3.19. The van der Waals surface area contributed by atoms with Crippen LogP contribution in [-0.4, -0.2) is 16.1 Å². The molecule has 0 spiro atoms. The quantitative estimate of drug-likeness (QED) is 0.818. The summed E-state index contributed by atoms with van der Waals surface area (Å²) in [4.78, 5) is 13.9. The van der Waals surface area contributed by atoms with E-state index in [1.165, 1.54) is 0 Å². The summed E-state index contributed by atoms with van der Waals surface area (Å²) in [6, 6.07) is 0. The van der Waals surface area contributed by atoms with Gasteiger partial charge in [0.2, 0.25) is 0 Å². The molecule has 76 valence electrons. The number of carboxylic acids is 1. The van der Waals surface area contributed by atoms with Gasteiger partial charge < -0.3 is 10.8 Å². The van der Waals surface area contributed by atoms with Crippen molar-refractivity contribution in [2.24, 2.45) is 0 Å². The second kappa shape index (κ2) is 4.03. The number of anilines is 1. The number of hydrogen-bond acceptors (Lipinski definition) is 3. The molecular weight excluding hydrogens is 309 g/mol. The average Bonchev–Trinajstić information content (AvgIpc) is 2.08. The normalized spacial score (nSPS) is 10.6. The standard InChI is InChI=1S/C7H5F2IN2O2/c8-6(9)3-4(11)2(10)1-12-5(3)7(13)14/h1,6H,(H2,11,12)(H,13,14). The number of carboxylic acid groups (broad SMARTS) is 1. The van der Waals surface area contributed by atoms with Crippen molar-refractivity contribution in [2.75, 3.05) is 5.73 Å². The number of halogens is 3. The molecule has 1 heterocycles. The molecule has 14 heavy (non-hydrogen) atoms. The van der Waals surface area contributed by atoms with E-state index in [-0.39, 0.29) is 5.69 Å². The number of rotatable bonds is 2. The van der Waals surface area contributed by atoms with Gasteiger partial charge in [-0.25, -0.2) is 18.6 Å². The van der Waals surface area contributed by atoms with Crippen LogP contribution in [-0.2, 0) is 0 Å². The molecule has 4 nitrogen and oxygen atoms in total. The molecule has 0 saturated carbocycles. The van der Waals surface area contributed by atoms with Crippen LogP contribution in [0.3, 0.4) is 0 Å². The highest BCUT2D eigenvalue weighted by Gasteiger charge is 2.23. The summed E-state index contributed by atoms with van der Waals surface area (Å²) in [5.41, 5.74) is 3.69. The van der Waals surface area contributed by atoms with E-state index >= 15 is 0 Å². The Bertz CT molecular complexity index is 384. The van der Waals surface area contributed by atoms with Crippen LogP contribution in [0.4, 0.5) is 14.5 Å². The molecule has 0 aliphatic rings. The minimum absolute atomic E-state index is 0.229. The molecular formula is C7H5F2IN2O2.